The fraction of sp³-hybridized carbons (Fsp3) is 0.429. The minimum Gasteiger partial charge on any atom is -0.351 e. The second kappa shape index (κ2) is 7.15. The maximum Gasteiger partial charge on any atom is 0.389 e. The Kier molecular flexibility index (Phi) is 5.24. The SMILES string of the molecule is C[C@H](Cc1cnccn1)Nc1nccc(CCC(F)(F)F)n1. The summed E-state index contributed by atoms with van der Waals surface area (Å²) in [5, 5.41) is 3.06. The first-order chi connectivity index (χ1) is 10.4. The van der Waals surface area contributed by atoms with E-state index >= 15 is 0 Å². The number of hydrogen-bond donors (Lipinski definition) is 1. The van der Waals surface area contributed by atoms with Crippen molar-refractivity contribution < 1.29 is 13.2 Å². The van der Waals surface area contributed by atoms with E-state index < -0.39 is 12.6 Å². The highest BCUT2D eigenvalue weighted by Crippen LogP contribution is 2.21. The third-order valence-corrected chi connectivity index (χ3v) is 2.89. The first-order valence-corrected chi connectivity index (χ1v) is 6.82. The van der Waals surface area contributed by atoms with Crippen molar-refractivity contribution in [3.63, 3.8) is 0 Å². The van der Waals surface area contributed by atoms with Crippen LogP contribution >= 0.6 is 0 Å². The fourth-order valence-corrected chi connectivity index (χ4v) is 1.90. The molecule has 2 heterocycles. The predicted octanol–water partition coefficient (Wildman–Crippen LogP) is 2.80. The van der Waals surface area contributed by atoms with Gasteiger partial charge < -0.3 is 5.32 Å². The molecule has 22 heavy (non-hydrogen) atoms. The van der Waals surface area contributed by atoms with E-state index in [1.54, 1.807) is 18.6 Å². The summed E-state index contributed by atoms with van der Waals surface area (Å²) in [6, 6.07) is 1.47. The molecule has 0 bridgehead atoms. The van der Waals surface area contributed by atoms with Crippen LogP contribution in [0.15, 0.2) is 30.9 Å². The Morgan fingerprint density at radius 3 is 2.64 bits per heavy atom. The standard InChI is InChI=1S/C14H16F3N5/c1-10(8-12-9-18-6-7-19-12)21-13-20-5-3-11(22-13)2-4-14(15,16)17/h3,5-7,9-10H,2,4,8H2,1H3,(H,20,21,22)/t10-/m1/s1. The topological polar surface area (TPSA) is 63.6 Å². The lowest BCUT2D eigenvalue weighted by atomic mass is 10.2. The van der Waals surface area contributed by atoms with E-state index in [1.165, 1.54) is 12.3 Å². The molecule has 0 fully saturated rings. The van der Waals surface area contributed by atoms with Crippen LogP contribution in [0.5, 0.6) is 0 Å². The number of anilines is 1. The van der Waals surface area contributed by atoms with Gasteiger partial charge in [-0.25, -0.2) is 9.97 Å². The molecule has 2 aromatic rings. The maximum atomic E-state index is 12.2. The number of halogens is 3. The van der Waals surface area contributed by atoms with Gasteiger partial charge >= 0.3 is 6.18 Å². The lowest BCUT2D eigenvalue weighted by molar-refractivity contribution is -0.134. The zero-order valence-corrected chi connectivity index (χ0v) is 12.0. The van der Waals surface area contributed by atoms with Gasteiger partial charge in [0, 0.05) is 49.4 Å². The molecule has 1 atom stereocenters. The van der Waals surface area contributed by atoms with Crippen molar-refractivity contribution in [1.82, 2.24) is 19.9 Å². The van der Waals surface area contributed by atoms with E-state index in [-0.39, 0.29) is 12.5 Å². The van der Waals surface area contributed by atoms with Crippen LogP contribution in [0.3, 0.4) is 0 Å². The fourth-order valence-electron chi connectivity index (χ4n) is 1.90. The van der Waals surface area contributed by atoms with Gasteiger partial charge in [-0.05, 0) is 19.4 Å². The van der Waals surface area contributed by atoms with Gasteiger partial charge in [-0.2, -0.15) is 13.2 Å². The van der Waals surface area contributed by atoms with Gasteiger partial charge in [0.1, 0.15) is 0 Å². The summed E-state index contributed by atoms with van der Waals surface area (Å²) in [6.45, 7) is 1.92. The number of aromatic nitrogens is 4. The van der Waals surface area contributed by atoms with E-state index in [4.69, 9.17) is 0 Å². The molecule has 0 saturated carbocycles. The quantitative estimate of drug-likeness (QED) is 0.889. The summed E-state index contributed by atoms with van der Waals surface area (Å²) in [4.78, 5) is 16.3. The molecule has 0 aliphatic carbocycles. The minimum absolute atomic E-state index is 0.0189. The molecular weight excluding hydrogens is 295 g/mol. The molecule has 0 aromatic carbocycles. The Morgan fingerprint density at radius 2 is 1.95 bits per heavy atom. The Bertz CT molecular complexity index is 589. The van der Waals surface area contributed by atoms with E-state index in [1.807, 2.05) is 6.92 Å². The summed E-state index contributed by atoms with van der Waals surface area (Å²) in [6.07, 6.45) is 1.71. The maximum absolute atomic E-state index is 12.2. The van der Waals surface area contributed by atoms with E-state index in [0.29, 0.717) is 18.1 Å². The third-order valence-electron chi connectivity index (χ3n) is 2.89. The summed E-state index contributed by atoms with van der Waals surface area (Å²) < 4.78 is 36.7. The van der Waals surface area contributed by atoms with Crippen molar-refractivity contribution in [1.29, 1.82) is 0 Å². The second-order valence-corrected chi connectivity index (χ2v) is 4.93. The zero-order chi connectivity index (χ0) is 16.0. The van der Waals surface area contributed by atoms with Crippen LogP contribution in [0.2, 0.25) is 0 Å². The largest absolute Gasteiger partial charge is 0.389 e. The van der Waals surface area contributed by atoms with Crippen LogP contribution in [0, 0.1) is 0 Å². The number of nitrogens with one attached hydrogen (secondary N) is 1. The van der Waals surface area contributed by atoms with Gasteiger partial charge in [-0.15, -0.1) is 0 Å². The highest BCUT2D eigenvalue weighted by atomic mass is 19.4. The second-order valence-electron chi connectivity index (χ2n) is 4.93. The van der Waals surface area contributed by atoms with Crippen molar-refractivity contribution in [2.75, 3.05) is 5.32 Å². The highest BCUT2D eigenvalue weighted by Gasteiger charge is 2.26. The molecular formula is C14H16F3N5. The van der Waals surface area contributed by atoms with Crippen LogP contribution in [-0.2, 0) is 12.8 Å². The number of aryl methyl sites for hydroxylation is 1. The summed E-state index contributed by atoms with van der Waals surface area (Å²) in [5.74, 6) is 0.316. The number of rotatable bonds is 6. The zero-order valence-electron chi connectivity index (χ0n) is 12.0. The van der Waals surface area contributed by atoms with Crippen LogP contribution in [0.1, 0.15) is 24.7 Å². The van der Waals surface area contributed by atoms with Gasteiger partial charge in [0.2, 0.25) is 5.95 Å². The molecule has 0 spiro atoms. The predicted molar refractivity (Wildman–Crippen MR) is 75.2 cm³/mol. The molecule has 1 N–H and O–H groups in total. The normalized spacial score (nSPS) is 12.9. The third kappa shape index (κ3) is 5.63. The Labute approximate surface area is 126 Å². The molecule has 0 radical (unpaired) electrons. The van der Waals surface area contributed by atoms with Gasteiger partial charge in [0.05, 0.1) is 5.69 Å². The Hall–Kier alpha value is -2.25. The van der Waals surface area contributed by atoms with Crippen molar-refractivity contribution in [2.45, 2.75) is 38.4 Å². The van der Waals surface area contributed by atoms with Crippen molar-refractivity contribution in [2.24, 2.45) is 0 Å². The van der Waals surface area contributed by atoms with Crippen molar-refractivity contribution >= 4 is 5.95 Å². The molecule has 0 saturated heterocycles. The van der Waals surface area contributed by atoms with Crippen LogP contribution in [0.4, 0.5) is 19.1 Å². The molecule has 118 valence electrons. The average molecular weight is 311 g/mol. The Balaban J connectivity index is 1.92. The van der Waals surface area contributed by atoms with Crippen molar-refractivity contribution in [3.05, 3.63) is 42.2 Å². The molecule has 0 aliphatic heterocycles. The van der Waals surface area contributed by atoms with Gasteiger partial charge in [0.25, 0.3) is 0 Å². The molecule has 2 aromatic heterocycles. The van der Waals surface area contributed by atoms with Crippen LogP contribution in [0.25, 0.3) is 0 Å². The summed E-state index contributed by atoms with van der Waals surface area (Å²) in [5.41, 5.74) is 1.18. The lowest BCUT2D eigenvalue weighted by Crippen LogP contribution is -2.20. The smallest absolute Gasteiger partial charge is 0.351 e. The molecule has 2 rings (SSSR count). The van der Waals surface area contributed by atoms with Gasteiger partial charge in [-0.3, -0.25) is 9.97 Å². The lowest BCUT2D eigenvalue weighted by Gasteiger charge is -2.13. The van der Waals surface area contributed by atoms with Gasteiger partial charge in [-0.1, -0.05) is 0 Å². The monoisotopic (exact) mass is 311 g/mol. The van der Waals surface area contributed by atoms with E-state index in [2.05, 4.69) is 25.3 Å². The van der Waals surface area contributed by atoms with E-state index in [0.717, 1.165) is 5.69 Å². The molecule has 0 unspecified atom stereocenters. The average Bonchev–Trinajstić information content (AvgIpc) is 2.46. The van der Waals surface area contributed by atoms with Crippen LogP contribution < -0.4 is 5.32 Å². The van der Waals surface area contributed by atoms with E-state index in [9.17, 15) is 13.2 Å². The molecule has 0 aliphatic rings. The Morgan fingerprint density at radius 1 is 1.14 bits per heavy atom. The highest BCUT2D eigenvalue weighted by molar-refractivity contribution is 5.27. The number of alkyl halides is 3. The molecule has 0 amide bonds. The molecule has 5 nitrogen and oxygen atoms in total. The number of nitrogens with zero attached hydrogens (tertiary/aromatic N) is 4. The van der Waals surface area contributed by atoms with Crippen LogP contribution in [-0.4, -0.2) is 32.2 Å². The molecule has 8 heteroatoms. The number of hydrogen-bond acceptors (Lipinski definition) is 5. The first kappa shape index (κ1) is 16.1. The summed E-state index contributed by atoms with van der Waals surface area (Å²) in [7, 11) is 0. The first-order valence-electron chi connectivity index (χ1n) is 6.82. The van der Waals surface area contributed by atoms with Crippen molar-refractivity contribution in [3.8, 4) is 0 Å². The van der Waals surface area contributed by atoms with Gasteiger partial charge in [0.15, 0.2) is 0 Å². The summed E-state index contributed by atoms with van der Waals surface area (Å²) >= 11 is 0. The minimum atomic E-state index is -4.18.